The first-order valence-corrected chi connectivity index (χ1v) is 5.90. The highest BCUT2D eigenvalue weighted by atomic mass is 16.5. The fourth-order valence-corrected chi connectivity index (χ4v) is 1.53. The van der Waals surface area contributed by atoms with Crippen LogP contribution in [0, 0.1) is 0 Å². The van der Waals surface area contributed by atoms with Crippen molar-refractivity contribution in [1.29, 1.82) is 0 Å². The molecule has 1 rings (SSSR count). The second kappa shape index (κ2) is 8.02. The highest BCUT2D eigenvalue weighted by molar-refractivity contribution is 5.81. The van der Waals surface area contributed by atoms with E-state index < -0.39 is 0 Å². The van der Waals surface area contributed by atoms with Crippen molar-refractivity contribution in [1.82, 2.24) is 5.32 Å². The van der Waals surface area contributed by atoms with Crippen LogP contribution in [0.5, 0.6) is 11.5 Å². The van der Waals surface area contributed by atoms with E-state index in [0.29, 0.717) is 18.0 Å². The summed E-state index contributed by atoms with van der Waals surface area (Å²) < 4.78 is 14.9. The number of hydrogen-bond donors (Lipinski definition) is 1. The van der Waals surface area contributed by atoms with Gasteiger partial charge in [-0.1, -0.05) is 6.07 Å². The Morgan fingerprint density at radius 2 is 1.95 bits per heavy atom. The SMILES string of the molecule is COC(=O)/C=C\NCCc1ccc(OC)c(OC)c1. The number of ether oxygens (including phenoxy) is 3. The zero-order valence-corrected chi connectivity index (χ0v) is 11.4. The summed E-state index contributed by atoms with van der Waals surface area (Å²) in [4.78, 5) is 10.8. The van der Waals surface area contributed by atoms with Crippen LogP contribution in [0.15, 0.2) is 30.5 Å². The van der Waals surface area contributed by atoms with Crippen LogP contribution in [0.25, 0.3) is 0 Å². The van der Waals surface area contributed by atoms with E-state index in [-0.39, 0.29) is 5.97 Å². The minimum Gasteiger partial charge on any atom is -0.493 e. The van der Waals surface area contributed by atoms with Gasteiger partial charge in [0.25, 0.3) is 0 Å². The van der Waals surface area contributed by atoms with Crippen LogP contribution in [0.1, 0.15) is 5.56 Å². The summed E-state index contributed by atoms with van der Waals surface area (Å²) in [5.74, 6) is 1.05. The van der Waals surface area contributed by atoms with Gasteiger partial charge in [-0.2, -0.15) is 0 Å². The molecule has 0 bridgehead atoms. The second-order valence-electron chi connectivity index (χ2n) is 3.75. The fourth-order valence-electron chi connectivity index (χ4n) is 1.53. The van der Waals surface area contributed by atoms with Gasteiger partial charge in [0, 0.05) is 18.8 Å². The Balaban J connectivity index is 2.45. The summed E-state index contributed by atoms with van der Waals surface area (Å²) in [5.41, 5.74) is 1.12. The molecule has 0 aromatic heterocycles. The highest BCUT2D eigenvalue weighted by Gasteiger charge is 2.03. The third-order valence-electron chi connectivity index (χ3n) is 2.54. The first-order valence-electron chi connectivity index (χ1n) is 5.90. The first-order chi connectivity index (χ1) is 9.21. The third kappa shape index (κ3) is 4.91. The molecule has 0 aliphatic carbocycles. The molecule has 0 heterocycles. The van der Waals surface area contributed by atoms with E-state index in [9.17, 15) is 4.79 Å². The fraction of sp³-hybridized carbons (Fsp3) is 0.357. The number of rotatable bonds is 7. The van der Waals surface area contributed by atoms with Gasteiger partial charge in [-0.25, -0.2) is 4.79 Å². The van der Waals surface area contributed by atoms with Crippen molar-refractivity contribution < 1.29 is 19.0 Å². The molecule has 0 saturated carbocycles. The van der Waals surface area contributed by atoms with E-state index in [1.807, 2.05) is 18.2 Å². The standard InChI is InChI=1S/C14H19NO4/c1-17-12-5-4-11(10-13(12)18-2)6-8-15-9-7-14(16)19-3/h4-5,7,9-10,15H,6,8H2,1-3H3/b9-7-. The molecule has 0 spiro atoms. The van der Waals surface area contributed by atoms with Crippen LogP contribution in [0.4, 0.5) is 0 Å². The number of methoxy groups -OCH3 is 3. The molecular weight excluding hydrogens is 246 g/mol. The largest absolute Gasteiger partial charge is 0.493 e. The van der Waals surface area contributed by atoms with Gasteiger partial charge in [0.05, 0.1) is 21.3 Å². The van der Waals surface area contributed by atoms with E-state index in [2.05, 4.69) is 10.1 Å². The van der Waals surface area contributed by atoms with E-state index >= 15 is 0 Å². The lowest BCUT2D eigenvalue weighted by Gasteiger charge is -2.09. The van der Waals surface area contributed by atoms with Crippen molar-refractivity contribution in [2.75, 3.05) is 27.9 Å². The Kier molecular flexibility index (Phi) is 6.29. The topological polar surface area (TPSA) is 56.8 Å². The van der Waals surface area contributed by atoms with Crippen molar-refractivity contribution >= 4 is 5.97 Å². The van der Waals surface area contributed by atoms with Gasteiger partial charge < -0.3 is 19.5 Å². The maximum atomic E-state index is 10.8. The normalized spacial score (nSPS) is 10.3. The first kappa shape index (κ1) is 14.9. The Labute approximate surface area is 113 Å². The molecule has 0 atom stereocenters. The zero-order valence-electron chi connectivity index (χ0n) is 11.4. The van der Waals surface area contributed by atoms with Crippen LogP contribution < -0.4 is 14.8 Å². The van der Waals surface area contributed by atoms with Gasteiger partial charge in [0.2, 0.25) is 0 Å². The summed E-state index contributed by atoms with van der Waals surface area (Å²) in [6.45, 7) is 0.711. The van der Waals surface area contributed by atoms with Crippen molar-refractivity contribution in [2.45, 2.75) is 6.42 Å². The monoisotopic (exact) mass is 265 g/mol. The summed E-state index contributed by atoms with van der Waals surface area (Å²) in [5, 5.41) is 3.01. The van der Waals surface area contributed by atoms with E-state index in [1.165, 1.54) is 13.2 Å². The van der Waals surface area contributed by atoms with Gasteiger partial charge in [-0.05, 0) is 24.1 Å². The van der Waals surface area contributed by atoms with Gasteiger partial charge in [-0.15, -0.1) is 0 Å². The maximum Gasteiger partial charge on any atom is 0.331 e. The molecule has 0 fully saturated rings. The summed E-state index contributed by atoms with van der Waals surface area (Å²) in [6.07, 6.45) is 3.73. The minimum absolute atomic E-state index is 0.376. The third-order valence-corrected chi connectivity index (χ3v) is 2.54. The van der Waals surface area contributed by atoms with E-state index in [4.69, 9.17) is 9.47 Å². The lowest BCUT2D eigenvalue weighted by molar-refractivity contribution is -0.134. The van der Waals surface area contributed by atoms with E-state index in [0.717, 1.165) is 12.0 Å². The van der Waals surface area contributed by atoms with Crippen molar-refractivity contribution in [2.24, 2.45) is 0 Å². The van der Waals surface area contributed by atoms with Crippen LogP contribution in [-0.4, -0.2) is 33.8 Å². The molecule has 0 amide bonds. The van der Waals surface area contributed by atoms with Crippen LogP contribution in [0.3, 0.4) is 0 Å². The van der Waals surface area contributed by atoms with E-state index in [1.54, 1.807) is 20.4 Å². The maximum absolute atomic E-state index is 10.8. The number of esters is 1. The minimum atomic E-state index is -0.376. The smallest absolute Gasteiger partial charge is 0.331 e. The van der Waals surface area contributed by atoms with Crippen molar-refractivity contribution in [3.8, 4) is 11.5 Å². The molecular formula is C14H19NO4. The zero-order chi connectivity index (χ0) is 14.1. The second-order valence-corrected chi connectivity index (χ2v) is 3.75. The lowest BCUT2D eigenvalue weighted by Crippen LogP contribution is -2.11. The Hall–Kier alpha value is -2.17. The van der Waals surface area contributed by atoms with Crippen molar-refractivity contribution in [3.05, 3.63) is 36.0 Å². The molecule has 0 aliphatic heterocycles. The molecule has 5 heteroatoms. The molecule has 1 aromatic carbocycles. The molecule has 5 nitrogen and oxygen atoms in total. The molecule has 0 aliphatic rings. The van der Waals surface area contributed by atoms with Crippen LogP contribution in [0.2, 0.25) is 0 Å². The molecule has 0 unspecified atom stereocenters. The van der Waals surface area contributed by atoms with Crippen LogP contribution in [-0.2, 0) is 16.0 Å². The highest BCUT2D eigenvalue weighted by Crippen LogP contribution is 2.27. The summed E-state index contributed by atoms with van der Waals surface area (Å²) >= 11 is 0. The quantitative estimate of drug-likeness (QED) is 0.460. The van der Waals surface area contributed by atoms with Gasteiger partial charge >= 0.3 is 5.97 Å². The number of benzene rings is 1. The summed E-state index contributed by atoms with van der Waals surface area (Å²) in [6, 6.07) is 5.79. The number of hydrogen-bond acceptors (Lipinski definition) is 5. The molecule has 0 radical (unpaired) electrons. The molecule has 104 valence electrons. The lowest BCUT2D eigenvalue weighted by atomic mass is 10.1. The number of carbonyl (C=O) groups excluding carboxylic acids is 1. The number of carbonyl (C=O) groups is 1. The van der Waals surface area contributed by atoms with Gasteiger partial charge in [-0.3, -0.25) is 0 Å². The molecule has 0 saturated heterocycles. The Morgan fingerprint density at radius 1 is 1.21 bits per heavy atom. The molecule has 1 N–H and O–H groups in total. The van der Waals surface area contributed by atoms with Crippen molar-refractivity contribution in [3.63, 3.8) is 0 Å². The van der Waals surface area contributed by atoms with Gasteiger partial charge in [0.1, 0.15) is 0 Å². The predicted octanol–water partition coefficient (Wildman–Crippen LogP) is 1.52. The molecule has 1 aromatic rings. The Bertz CT molecular complexity index is 443. The van der Waals surface area contributed by atoms with Crippen LogP contribution >= 0.6 is 0 Å². The average molecular weight is 265 g/mol. The summed E-state index contributed by atoms with van der Waals surface area (Å²) in [7, 11) is 4.56. The predicted molar refractivity (Wildman–Crippen MR) is 72.4 cm³/mol. The Morgan fingerprint density at radius 3 is 2.58 bits per heavy atom. The van der Waals surface area contributed by atoms with Gasteiger partial charge in [0.15, 0.2) is 11.5 Å². The molecule has 19 heavy (non-hydrogen) atoms. The number of nitrogens with one attached hydrogen (secondary N) is 1. The average Bonchev–Trinajstić information content (AvgIpc) is 2.46.